The van der Waals surface area contributed by atoms with E-state index in [2.05, 4.69) is 39.0 Å². The Bertz CT molecular complexity index is 2380. The third-order valence-electron chi connectivity index (χ3n) is 13.2. The molecule has 2 saturated heterocycles. The summed E-state index contributed by atoms with van der Waals surface area (Å²) in [6, 6.07) is 18.5. The Hall–Kier alpha value is -6.28. The summed E-state index contributed by atoms with van der Waals surface area (Å²) in [4.78, 5) is 33.5. The van der Waals surface area contributed by atoms with Crippen LogP contribution in [0.15, 0.2) is 137 Å². The molecule has 0 saturated carbocycles. The Labute approximate surface area is 364 Å². The van der Waals surface area contributed by atoms with Crippen molar-refractivity contribution in [3.05, 3.63) is 161 Å². The molecule has 2 aromatic carbocycles. The summed E-state index contributed by atoms with van der Waals surface area (Å²) >= 11 is 0. The molecular formula is C49H48N4O10. The third kappa shape index (κ3) is 6.46. The first-order valence-corrected chi connectivity index (χ1v) is 21.3. The molecule has 8 atom stereocenters. The van der Waals surface area contributed by atoms with Gasteiger partial charge in [-0.25, -0.2) is 0 Å². The Balaban J connectivity index is 0.937. The van der Waals surface area contributed by atoms with Gasteiger partial charge in [-0.3, -0.25) is 19.4 Å². The second-order valence-electron chi connectivity index (χ2n) is 16.5. The SMILES string of the molecule is C=CCN(CC=C=CCN(CC=C)C1c2onc(OCc3ccccc3)c2C(=O)C23OC(C=C2OC)CC13)C1c2onc(OCc3ccccc3)c2C(=O)C23OC(C=C2OC)CC13. The Kier molecular flexibility index (Phi) is 10.6. The van der Waals surface area contributed by atoms with Crippen LogP contribution in [0.4, 0.5) is 0 Å². The number of carbonyl (C=O) groups excluding carboxylic acids is 2. The van der Waals surface area contributed by atoms with E-state index in [-0.39, 0.29) is 71.7 Å². The molecule has 2 aromatic heterocycles. The Morgan fingerprint density at radius 3 is 1.51 bits per heavy atom. The van der Waals surface area contributed by atoms with Crippen LogP contribution in [0.1, 0.15) is 68.3 Å². The fourth-order valence-corrected chi connectivity index (χ4v) is 10.6. The van der Waals surface area contributed by atoms with E-state index >= 15 is 0 Å². The third-order valence-corrected chi connectivity index (χ3v) is 13.2. The van der Waals surface area contributed by atoms with Crippen molar-refractivity contribution in [2.45, 2.75) is 61.5 Å². The minimum absolute atomic E-state index is 0.118. The number of aromatic nitrogens is 2. The number of hydrogen-bond acceptors (Lipinski definition) is 14. The number of ketones is 2. The lowest BCUT2D eigenvalue weighted by atomic mass is 9.67. The van der Waals surface area contributed by atoms with Gasteiger partial charge in [0.25, 0.3) is 11.8 Å². The van der Waals surface area contributed by atoms with E-state index in [1.54, 1.807) is 14.2 Å². The van der Waals surface area contributed by atoms with Gasteiger partial charge in [0.1, 0.15) is 35.9 Å². The number of nitrogens with zero attached hydrogens (tertiary/aromatic N) is 4. The van der Waals surface area contributed by atoms with Crippen molar-refractivity contribution in [2.75, 3.05) is 40.4 Å². The smallest absolute Gasteiger partial charge is 0.265 e. The molecule has 4 bridgehead atoms. The van der Waals surface area contributed by atoms with Crippen molar-refractivity contribution in [1.82, 2.24) is 20.1 Å². The number of fused-ring (bicyclic) bond motifs is 4. The zero-order chi connectivity index (χ0) is 43.3. The van der Waals surface area contributed by atoms with Crippen molar-refractivity contribution in [1.29, 1.82) is 0 Å². The van der Waals surface area contributed by atoms with Crippen molar-refractivity contribution in [2.24, 2.45) is 11.8 Å². The van der Waals surface area contributed by atoms with E-state index in [1.165, 1.54) is 0 Å². The average Bonchev–Trinajstić information content (AvgIpc) is 4.18. The van der Waals surface area contributed by atoms with E-state index in [0.717, 1.165) is 11.1 Å². The molecule has 8 unspecified atom stereocenters. The van der Waals surface area contributed by atoms with Gasteiger partial charge in [-0.15, -0.1) is 18.9 Å². The summed E-state index contributed by atoms with van der Waals surface area (Å²) in [5, 5.41) is 8.61. The summed E-state index contributed by atoms with van der Waals surface area (Å²) < 4.78 is 49.1. The summed E-state index contributed by atoms with van der Waals surface area (Å²) in [5.41, 5.74) is 3.08. The van der Waals surface area contributed by atoms with Crippen LogP contribution >= 0.6 is 0 Å². The van der Waals surface area contributed by atoms with Gasteiger partial charge in [0, 0.05) is 38.0 Å². The maximum Gasteiger partial charge on any atom is 0.265 e. The number of benzene rings is 2. The normalized spacial score (nSPS) is 28.1. The lowest BCUT2D eigenvalue weighted by Crippen LogP contribution is -2.54. The lowest BCUT2D eigenvalue weighted by Gasteiger charge is -2.43. The van der Waals surface area contributed by atoms with Crippen LogP contribution in [0.5, 0.6) is 11.8 Å². The fraction of sp³-hybridized carbons (Fsp3) is 0.367. The summed E-state index contributed by atoms with van der Waals surface area (Å²) in [7, 11) is 3.13. The quantitative estimate of drug-likeness (QED) is 0.0743. The van der Waals surface area contributed by atoms with Gasteiger partial charge in [0.2, 0.25) is 11.6 Å². The second-order valence-corrected chi connectivity index (χ2v) is 16.5. The van der Waals surface area contributed by atoms with Crippen molar-refractivity contribution >= 4 is 11.6 Å². The number of carbonyl (C=O) groups is 2. The molecule has 10 rings (SSSR count). The van der Waals surface area contributed by atoms with E-state index in [4.69, 9.17) is 37.5 Å². The minimum Gasteiger partial charge on any atom is -0.498 e. The number of methoxy groups -OCH3 is 2. The first-order valence-electron chi connectivity index (χ1n) is 21.3. The van der Waals surface area contributed by atoms with Crippen molar-refractivity contribution in [3.8, 4) is 11.8 Å². The molecule has 2 spiro atoms. The van der Waals surface area contributed by atoms with Gasteiger partial charge in [-0.1, -0.05) is 72.8 Å². The average molecular weight is 853 g/mol. The largest absolute Gasteiger partial charge is 0.498 e. The van der Waals surface area contributed by atoms with Crippen molar-refractivity contribution < 1.29 is 47.1 Å². The van der Waals surface area contributed by atoms with Gasteiger partial charge in [-0.2, -0.15) is 0 Å². The van der Waals surface area contributed by atoms with Crippen LogP contribution in [0.2, 0.25) is 0 Å². The van der Waals surface area contributed by atoms with Gasteiger partial charge in [0.05, 0.1) is 38.5 Å². The van der Waals surface area contributed by atoms with E-state index < -0.39 is 23.3 Å². The first-order chi connectivity index (χ1) is 30.9. The summed E-state index contributed by atoms with van der Waals surface area (Å²) in [6.07, 6.45) is 11.9. The standard InChI is InChI=1S/C49H48N4O10/c1-5-20-52(40-34-24-32-26-36(56-3)48(34,60-32)44(54)38-42(40)62-50-46(38)58-28-30-16-10-7-11-17-30)22-14-9-15-23-53(21-6-2)41-35-25-33-27-37(57-4)49(35,61-33)45(55)39-43(41)63-51-47(39)59-29-31-18-12-8-13-19-31/h5-8,10-19,26-27,32-35,40-41H,1-2,20-25,28-29H2,3-4H3. The molecule has 0 amide bonds. The molecule has 63 heavy (non-hydrogen) atoms. The monoisotopic (exact) mass is 852 g/mol. The highest BCUT2D eigenvalue weighted by Gasteiger charge is 2.70. The van der Waals surface area contributed by atoms with E-state index in [1.807, 2.05) is 97.1 Å². The molecule has 2 fully saturated rings. The highest BCUT2D eigenvalue weighted by Crippen LogP contribution is 2.61. The molecule has 6 aliphatic rings. The molecule has 4 aliphatic heterocycles. The molecule has 0 radical (unpaired) electrons. The first kappa shape index (κ1) is 40.8. The molecule has 4 aromatic rings. The van der Waals surface area contributed by atoms with Crippen LogP contribution in [-0.4, -0.2) is 95.5 Å². The maximum atomic E-state index is 14.6. The molecule has 14 nitrogen and oxygen atoms in total. The molecular weight excluding hydrogens is 805 g/mol. The predicted octanol–water partition coefficient (Wildman–Crippen LogP) is 7.06. The van der Waals surface area contributed by atoms with Gasteiger partial charge < -0.3 is 37.5 Å². The lowest BCUT2D eigenvalue weighted by molar-refractivity contribution is -0.0341. The van der Waals surface area contributed by atoms with Gasteiger partial charge >= 0.3 is 0 Å². The molecule has 14 heteroatoms. The summed E-state index contributed by atoms with van der Waals surface area (Å²) in [5.74, 6) is 0.847. The zero-order valence-corrected chi connectivity index (χ0v) is 35.1. The Morgan fingerprint density at radius 1 is 0.683 bits per heavy atom. The van der Waals surface area contributed by atoms with Crippen molar-refractivity contribution in [3.63, 3.8) is 0 Å². The topological polar surface area (TPSA) is 148 Å². The predicted molar refractivity (Wildman–Crippen MR) is 226 cm³/mol. The minimum atomic E-state index is -1.34. The molecule has 0 N–H and O–H groups in total. The van der Waals surface area contributed by atoms with Crippen LogP contribution in [0.3, 0.4) is 0 Å². The van der Waals surface area contributed by atoms with Gasteiger partial charge in [0.15, 0.2) is 22.7 Å². The van der Waals surface area contributed by atoms with Crippen LogP contribution in [-0.2, 0) is 32.2 Å². The van der Waals surface area contributed by atoms with Crippen LogP contribution in [0, 0.1) is 11.8 Å². The fourth-order valence-electron chi connectivity index (χ4n) is 10.6. The number of hydrogen-bond donors (Lipinski definition) is 0. The zero-order valence-electron chi connectivity index (χ0n) is 35.1. The molecule has 324 valence electrons. The summed E-state index contributed by atoms with van der Waals surface area (Å²) in [6.45, 7) is 10.3. The number of Topliss-reactive ketones (excluding diaryl/α,β-unsaturated/α-hetero) is 2. The number of rotatable bonds is 18. The molecule has 6 heterocycles. The van der Waals surface area contributed by atoms with Crippen LogP contribution < -0.4 is 9.47 Å². The van der Waals surface area contributed by atoms with Crippen LogP contribution in [0.25, 0.3) is 0 Å². The Morgan fingerprint density at radius 2 is 1.11 bits per heavy atom. The molecule has 2 aliphatic carbocycles. The second kappa shape index (κ2) is 16.4. The maximum absolute atomic E-state index is 14.6. The van der Waals surface area contributed by atoms with E-state index in [0.29, 0.717) is 62.1 Å². The number of ether oxygens (including phenoxy) is 6. The van der Waals surface area contributed by atoms with Gasteiger partial charge in [-0.05, 0) is 58.6 Å². The van der Waals surface area contributed by atoms with E-state index in [9.17, 15) is 9.59 Å². The highest BCUT2D eigenvalue weighted by atomic mass is 16.6. The highest BCUT2D eigenvalue weighted by molar-refractivity contribution is 6.10.